The Morgan fingerprint density at radius 3 is 2.56 bits per heavy atom. The van der Waals surface area contributed by atoms with Gasteiger partial charge >= 0.3 is 0 Å². The van der Waals surface area contributed by atoms with E-state index in [0.717, 1.165) is 38.4 Å². The lowest BCUT2D eigenvalue weighted by molar-refractivity contribution is 0.587. The van der Waals surface area contributed by atoms with Crippen molar-refractivity contribution in [1.29, 1.82) is 0 Å². The standard InChI is InChI=1S/C12H24N6/c1-11(2)8-15-12(13-3)14-6-4-5-7-18-9-16-17-10-18/h9-11H,4-8H2,1-3H3,(H2,13,14,15). The van der Waals surface area contributed by atoms with Crippen molar-refractivity contribution >= 4 is 5.96 Å². The fourth-order valence-electron chi connectivity index (χ4n) is 1.49. The van der Waals surface area contributed by atoms with Gasteiger partial charge in [0, 0.05) is 26.7 Å². The number of nitrogens with zero attached hydrogens (tertiary/aromatic N) is 4. The molecular weight excluding hydrogens is 228 g/mol. The van der Waals surface area contributed by atoms with E-state index in [1.807, 2.05) is 4.57 Å². The molecule has 6 nitrogen and oxygen atoms in total. The van der Waals surface area contributed by atoms with Gasteiger partial charge in [-0.1, -0.05) is 13.8 Å². The van der Waals surface area contributed by atoms with E-state index in [9.17, 15) is 0 Å². The monoisotopic (exact) mass is 252 g/mol. The van der Waals surface area contributed by atoms with Crippen molar-refractivity contribution in [2.24, 2.45) is 10.9 Å². The number of aryl methyl sites for hydroxylation is 1. The number of nitrogens with one attached hydrogen (secondary N) is 2. The van der Waals surface area contributed by atoms with Crippen LogP contribution in [0.25, 0.3) is 0 Å². The molecule has 0 aliphatic rings. The van der Waals surface area contributed by atoms with Crippen LogP contribution in [0.3, 0.4) is 0 Å². The van der Waals surface area contributed by atoms with E-state index in [2.05, 4.69) is 39.7 Å². The maximum absolute atomic E-state index is 4.18. The molecule has 102 valence electrons. The van der Waals surface area contributed by atoms with E-state index in [-0.39, 0.29) is 0 Å². The number of aromatic nitrogens is 3. The fourth-order valence-corrected chi connectivity index (χ4v) is 1.49. The largest absolute Gasteiger partial charge is 0.356 e. The zero-order chi connectivity index (χ0) is 13.2. The summed E-state index contributed by atoms with van der Waals surface area (Å²) in [5, 5.41) is 14.1. The predicted molar refractivity (Wildman–Crippen MR) is 73.5 cm³/mol. The molecule has 0 bridgehead atoms. The Hall–Kier alpha value is -1.59. The summed E-state index contributed by atoms with van der Waals surface area (Å²) >= 11 is 0. The van der Waals surface area contributed by atoms with Gasteiger partial charge in [0.2, 0.25) is 0 Å². The highest BCUT2D eigenvalue weighted by atomic mass is 15.2. The van der Waals surface area contributed by atoms with Crippen molar-refractivity contribution in [1.82, 2.24) is 25.4 Å². The quantitative estimate of drug-likeness (QED) is 0.429. The minimum Gasteiger partial charge on any atom is -0.356 e. The van der Waals surface area contributed by atoms with Crippen molar-refractivity contribution in [3.05, 3.63) is 12.7 Å². The molecule has 0 aliphatic carbocycles. The molecule has 0 unspecified atom stereocenters. The lowest BCUT2D eigenvalue weighted by Gasteiger charge is -2.13. The maximum Gasteiger partial charge on any atom is 0.190 e. The van der Waals surface area contributed by atoms with Crippen molar-refractivity contribution in [3.8, 4) is 0 Å². The van der Waals surface area contributed by atoms with Crippen LogP contribution in [-0.2, 0) is 6.54 Å². The van der Waals surface area contributed by atoms with Gasteiger partial charge in [0.15, 0.2) is 5.96 Å². The number of unbranched alkanes of at least 4 members (excludes halogenated alkanes) is 1. The third-order valence-corrected chi connectivity index (χ3v) is 2.50. The number of rotatable bonds is 7. The van der Waals surface area contributed by atoms with Gasteiger partial charge in [-0.05, 0) is 18.8 Å². The summed E-state index contributed by atoms with van der Waals surface area (Å²) < 4.78 is 1.99. The first-order valence-electron chi connectivity index (χ1n) is 6.49. The molecule has 0 amide bonds. The number of aliphatic imine (C=N–C) groups is 1. The summed E-state index contributed by atoms with van der Waals surface area (Å²) in [5.41, 5.74) is 0. The highest BCUT2D eigenvalue weighted by molar-refractivity contribution is 5.79. The van der Waals surface area contributed by atoms with Crippen LogP contribution in [0.1, 0.15) is 26.7 Å². The molecule has 0 aliphatic heterocycles. The minimum absolute atomic E-state index is 0.622. The van der Waals surface area contributed by atoms with Gasteiger partial charge in [0.05, 0.1) is 0 Å². The molecule has 0 aromatic carbocycles. The van der Waals surface area contributed by atoms with Gasteiger partial charge in [-0.15, -0.1) is 10.2 Å². The Morgan fingerprint density at radius 2 is 1.94 bits per heavy atom. The molecule has 0 spiro atoms. The molecule has 1 aromatic rings. The Balaban J connectivity index is 2.05. The number of hydrogen-bond acceptors (Lipinski definition) is 3. The first-order valence-corrected chi connectivity index (χ1v) is 6.49. The normalized spacial score (nSPS) is 11.9. The molecule has 18 heavy (non-hydrogen) atoms. The van der Waals surface area contributed by atoms with Gasteiger partial charge in [-0.2, -0.15) is 0 Å². The third kappa shape index (κ3) is 6.22. The molecule has 1 heterocycles. The van der Waals surface area contributed by atoms with Crippen molar-refractivity contribution in [2.45, 2.75) is 33.2 Å². The summed E-state index contributed by atoms with van der Waals surface area (Å²) in [6.07, 6.45) is 5.69. The fraction of sp³-hybridized carbons (Fsp3) is 0.750. The topological polar surface area (TPSA) is 67.1 Å². The second kappa shape index (κ2) is 8.49. The predicted octanol–water partition coefficient (Wildman–Crippen LogP) is 0.879. The summed E-state index contributed by atoms with van der Waals surface area (Å²) in [4.78, 5) is 4.18. The van der Waals surface area contributed by atoms with Crippen LogP contribution < -0.4 is 10.6 Å². The smallest absolute Gasteiger partial charge is 0.190 e. The summed E-state index contributed by atoms with van der Waals surface area (Å²) in [6, 6.07) is 0. The van der Waals surface area contributed by atoms with Gasteiger partial charge in [0.1, 0.15) is 12.7 Å². The van der Waals surface area contributed by atoms with E-state index in [0.29, 0.717) is 5.92 Å². The maximum atomic E-state index is 4.18. The van der Waals surface area contributed by atoms with Crippen LogP contribution in [0.15, 0.2) is 17.6 Å². The molecule has 6 heteroatoms. The molecule has 0 saturated heterocycles. The van der Waals surface area contributed by atoms with Crippen LogP contribution in [-0.4, -0.2) is 40.9 Å². The first-order chi connectivity index (χ1) is 8.72. The van der Waals surface area contributed by atoms with Crippen LogP contribution in [0.5, 0.6) is 0 Å². The van der Waals surface area contributed by atoms with Crippen LogP contribution in [0.2, 0.25) is 0 Å². The number of guanidine groups is 1. The average molecular weight is 252 g/mol. The second-order valence-electron chi connectivity index (χ2n) is 4.68. The van der Waals surface area contributed by atoms with Gasteiger partial charge in [0.25, 0.3) is 0 Å². The minimum atomic E-state index is 0.622. The molecule has 0 fully saturated rings. The molecular formula is C12H24N6. The lowest BCUT2D eigenvalue weighted by Crippen LogP contribution is -2.39. The van der Waals surface area contributed by atoms with Crippen molar-refractivity contribution in [3.63, 3.8) is 0 Å². The van der Waals surface area contributed by atoms with Crippen molar-refractivity contribution in [2.75, 3.05) is 20.1 Å². The Kier molecular flexibility index (Phi) is 6.83. The van der Waals surface area contributed by atoms with Crippen molar-refractivity contribution < 1.29 is 0 Å². The zero-order valence-electron chi connectivity index (χ0n) is 11.6. The molecule has 0 radical (unpaired) electrons. The van der Waals surface area contributed by atoms with Gasteiger partial charge in [-0.25, -0.2) is 0 Å². The Bertz CT molecular complexity index is 330. The highest BCUT2D eigenvalue weighted by Crippen LogP contribution is 1.93. The molecule has 1 rings (SSSR count). The van der Waals surface area contributed by atoms with Crippen LogP contribution in [0, 0.1) is 5.92 Å². The van der Waals surface area contributed by atoms with E-state index < -0.39 is 0 Å². The Labute approximate surface area is 109 Å². The third-order valence-electron chi connectivity index (χ3n) is 2.50. The van der Waals surface area contributed by atoms with E-state index in [4.69, 9.17) is 0 Å². The first kappa shape index (κ1) is 14.5. The summed E-state index contributed by atoms with van der Waals surface area (Å²) in [5.74, 6) is 1.50. The van der Waals surface area contributed by atoms with E-state index in [1.165, 1.54) is 0 Å². The lowest BCUT2D eigenvalue weighted by atomic mass is 10.2. The summed E-state index contributed by atoms with van der Waals surface area (Å²) in [7, 11) is 1.80. The van der Waals surface area contributed by atoms with Crippen LogP contribution in [0.4, 0.5) is 0 Å². The highest BCUT2D eigenvalue weighted by Gasteiger charge is 1.98. The Morgan fingerprint density at radius 1 is 1.22 bits per heavy atom. The SMILES string of the molecule is CN=C(NCCCCn1cnnc1)NCC(C)C. The molecule has 2 N–H and O–H groups in total. The second-order valence-corrected chi connectivity index (χ2v) is 4.68. The zero-order valence-corrected chi connectivity index (χ0v) is 11.6. The molecule has 1 aromatic heterocycles. The van der Waals surface area contributed by atoms with Gasteiger partial charge in [-0.3, -0.25) is 4.99 Å². The summed E-state index contributed by atoms with van der Waals surface area (Å²) in [6.45, 7) is 7.20. The van der Waals surface area contributed by atoms with E-state index >= 15 is 0 Å². The molecule has 0 saturated carbocycles. The van der Waals surface area contributed by atoms with Gasteiger partial charge < -0.3 is 15.2 Å². The number of hydrogen-bond donors (Lipinski definition) is 2. The van der Waals surface area contributed by atoms with E-state index in [1.54, 1.807) is 19.7 Å². The van der Waals surface area contributed by atoms with Crippen LogP contribution >= 0.6 is 0 Å². The average Bonchev–Trinajstić information content (AvgIpc) is 2.85. The molecule has 0 atom stereocenters.